The second kappa shape index (κ2) is 6.39. The van der Waals surface area contributed by atoms with Gasteiger partial charge in [-0.2, -0.15) is 5.10 Å². The Morgan fingerprint density at radius 1 is 1.30 bits per heavy atom. The zero-order chi connectivity index (χ0) is 14.5. The monoisotopic (exact) mass is 290 g/mol. The van der Waals surface area contributed by atoms with Gasteiger partial charge in [0.15, 0.2) is 0 Å². The van der Waals surface area contributed by atoms with Gasteiger partial charge in [-0.05, 0) is 25.3 Å². The van der Waals surface area contributed by atoms with Gasteiger partial charge in [-0.1, -0.05) is 41.9 Å². The fourth-order valence-electron chi connectivity index (χ4n) is 1.75. The molecule has 2 aromatic rings. The minimum Gasteiger partial charge on any atom is -0.461 e. The molecule has 0 saturated carbocycles. The summed E-state index contributed by atoms with van der Waals surface area (Å²) in [6.45, 7) is 3.65. The molecule has 0 bridgehead atoms. The third kappa shape index (κ3) is 3.08. The van der Waals surface area contributed by atoms with Crippen LogP contribution in [0.4, 0.5) is 5.69 Å². The third-order valence-corrected chi connectivity index (χ3v) is 3.19. The number of rotatable bonds is 4. The Hall–Kier alpha value is -2.07. The van der Waals surface area contributed by atoms with Crippen molar-refractivity contribution in [3.8, 4) is 0 Å². The lowest BCUT2D eigenvalue weighted by molar-refractivity contribution is -0.135. The molecule has 2 aromatic carbocycles. The van der Waals surface area contributed by atoms with E-state index in [4.69, 9.17) is 16.3 Å². The number of nitrogens with zero attached hydrogens (tertiary/aromatic N) is 1. The van der Waals surface area contributed by atoms with Crippen molar-refractivity contribution in [1.82, 2.24) is 0 Å². The van der Waals surface area contributed by atoms with Crippen LogP contribution in [0, 0.1) is 0 Å². The summed E-state index contributed by atoms with van der Waals surface area (Å²) in [5, 5.41) is 6.54. The van der Waals surface area contributed by atoms with Gasteiger partial charge in [0.05, 0.1) is 17.3 Å². The van der Waals surface area contributed by atoms with Gasteiger partial charge in [-0.25, -0.2) is 4.79 Å². The van der Waals surface area contributed by atoms with Crippen molar-refractivity contribution in [1.29, 1.82) is 0 Å². The molecule has 0 fully saturated rings. The molecule has 0 spiro atoms. The second-order valence-corrected chi connectivity index (χ2v) is 4.56. The summed E-state index contributed by atoms with van der Waals surface area (Å²) in [6, 6.07) is 11.6. The first-order valence-corrected chi connectivity index (χ1v) is 6.66. The Kier molecular flexibility index (Phi) is 4.58. The Balaban J connectivity index is 2.24. The fourth-order valence-corrected chi connectivity index (χ4v) is 2.02. The summed E-state index contributed by atoms with van der Waals surface area (Å²) in [4.78, 5) is 11.4. The van der Waals surface area contributed by atoms with Crippen molar-refractivity contribution in [2.45, 2.75) is 13.8 Å². The van der Waals surface area contributed by atoms with Crippen molar-refractivity contribution < 1.29 is 9.53 Å². The number of halogens is 1. The second-order valence-electron chi connectivity index (χ2n) is 4.18. The van der Waals surface area contributed by atoms with Crippen LogP contribution in [0.2, 0.25) is 5.02 Å². The number of hydrogen-bond donors (Lipinski definition) is 1. The van der Waals surface area contributed by atoms with E-state index in [2.05, 4.69) is 10.5 Å². The van der Waals surface area contributed by atoms with Crippen LogP contribution in [-0.2, 0) is 9.53 Å². The molecule has 0 amide bonds. The number of hydrazone groups is 1. The summed E-state index contributed by atoms with van der Waals surface area (Å²) in [5.41, 5.74) is 3.69. The molecule has 104 valence electrons. The quantitative estimate of drug-likeness (QED) is 0.529. The van der Waals surface area contributed by atoms with Crippen LogP contribution in [0.25, 0.3) is 10.8 Å². The summed E-state index contributed by atoms with van der Waals surface area (Å²) < 4.78 is 4.85. The third-order valence-electron chi connectivity index (χ3n) is 2.78. The molecule has 2 rings (SSSR count). The highest BCUT2D eigenvalue weighted by Crippen LogP contribution is 2.30. The molecule has 4 nitrogen and oxygen atoms in total. The standard InChI is InChI=1S/C15H15ClN2O2/c1-3-20-15(19)10(2)17-18-13-9-8-11-6-4-5-7-12(11)14(13)16/h4-9,18H,3H2,1-2H3/b17-10+. The number of ether oxygens (including phenoxy) is 1. The van der Waals surface area contributed by atoms with Crippen LogP contribution in [0.1, 0.15) is 13.8 Å². The molecule has 0 unspecified atom stereocenters. The van der Waals surface area contributed by atoms with Gasteiger partial charge in [-0.15, -0.1) is 0 Å². The van der Waals surface area contributed by atoms with Gasteiger partial charge in [0.2, 0.25) is 0 Å². The Bertz CT molecular complexity index is 668. The van der Waals surface area contributed by atoms with Crippen LogP contribution in [0.3, 0.4) is 0 Å². The van der Waals surface area contributed by atoms with Crippen molar-refractivity contribution in [3.05, 3.63) is 41.4 Å². The van der Waals surface area contributed by atoms with E-state index in [1.807, 2.05) is 36.4 Å². The highest BCUT2D eigenvalue weighted by atomic mass is 35.5. The van der Waals surface area contributed by atoms with Gasteiger partial charge in [0.25, 0.3) is 0 Å². The van der Waals surface area contributed by atoms with Gasteiger partial charge in [-0.3, -0.25) is 5.43 Å². The van der Waals surface area contributed by atoms with Gasteiger partial charge in [0, 0.05) is 5.39 Å². The van der Waals surface area contributed by atoms with E-state index in [9.17, 15) is 4.79 Å². The molecule has 0 aliphatic heterocycles. The molecule has 0 aliphatic rings. The molecule has 0 aliphatic carbocycles. The average molecular weight is 291 g/mol. The summed E-state index contributed by atoms with van der Waals surface area (Å²) >= 11 is 6.32. The molecular weight excluding hydrogens is 276 g/mol. The maximum atomic E-state index is 11.4. The van der Waals surface area contributed by atoms with E-state index in [0.29, 0.717) is 17.3 Å². The highest BCUT2D eigenvalue weighted by molar-refractivity contribution is 6.38. The number of benzene rings is 2. The molecular formula is C15H15ClN2O2. The van der Waals surface area contributed by atoms with E-state index < -0.39 is 5.97 Å². The zero-order valence-electron chi connectivity index (χ0n) is 11.3. The summed E-state index contributed by atoms with van der Waals surface area (Å²) in [7, 11) is 0. The number of fused-ring (bicyclic) bond motifs is 1. The van der Waals surface area contributed by atoms with Crippen LogP contribution in [0.5, 0.6) is 0 Å². The van der Waals surface area contributed by atoms with E-state index in [0.717, 1.165) is 10.8 Å². The molecule has 0 saturated heterocycles. The lowest BCUT2D eigenvalue weighted by Crippen LogP contribution is -2.15. The molecule has 20 heavy (non-hydrogen) atoms. The van der Waals surface area contributed by atoms with E-state index in [1.54, 1.807) is 13.8 Å². The van der Waals surface area contributed by atoms with Gasteiger partial charge < -0.3 is 4.74 Å². The Labute approximate surface area is 122 Å². The maximum Gasteiger partial charge on any atom is 0.354 e. The predicted molar refractivity (Wildman–Crippen MR) is 82.3 cm³/mol. The first-order chi connectivity index (χ1) is 9.63. The number of esters is 1. The lowest BCUT2D eigenvalue weighted by Gasteiger charge is -2.08. The molecule has 0 aromatic heterocycles. The smallest absolute Gasteiger partial charge is 0.354 e. The highest BCUT2D eigenvalue weighted by Gasteiger charge is 2.08. The average Bonchev–Trinajstić information content (AvgIpc) is 2.47. The minimum absolute atomic E-state index is 0.246. The first-order valence-electron chi connectivity index (χ1n) is 6.28. The molecule has 0 heterocycles. The van der Waals surface area contributed by atoms with E-state index in [-0.39, 0.29) is 5.71 Å². The number of carbonyl (C=O) groups is 1. The summed E-state index contributed by atoms with van der Waals surface area (Å²) in [5.74, 6) is -0.447. The molecule has 5 heteroatoms. The molecule has 0 radical (unpaired) electrons. The SMILES string of the molecule is CCOC(=O)/C(C)=N/Nc1ccc2ccccc2c1Cl. The van der Waals surface area contributed by atoms with Crippen molar-refractivity contribution in [3.63, 3.8) is 0 Å². The maximum absolute atomic E-state index is 11.4. The van der Waals surface area contributed by atoms with E-state index in [1.165, 1.54) is 0 Å². The molecule has 1 N–H and O–H groups in total. The minimum atomic E-state index is -0.447. The van der Waals surface area contributed by atoms with Crippen LogP contribution in [-0.4, -0.2) is 18.3 Å². The molecule has 0 atom stereocenters. The lowest BCUT2D eigenvalue weighted by atomic mass is 10.1. The van der Waals surface area contributed by atoms with Crippen molar-refractivity contribution in [2.24, 2.45) is 5.10 Å². The topological polar surface area (TPSA) is 50.7 Å². The number of anilines is 1. The number of hydrogen-bond acceptors (Lipinski definition) is 4. The fraction of sp³-hybridized carbons (Fsp3) is 0.200. The first kappa shape index (κ1) is 14.3. The largest absolute Gasteiger partial charge is 0.461 e. The van der Waals surface area contributed by atoms with Crippen LogP contribution in [0.15, 0.2) is 41.5 Å². The van der Waals surface area contributed by atoms with Gasteiger partial charge in [0.1, 0.15) is 5.71 Å². The normalized spacial score (nSPS) is 11.4. The summed E-state index contributed by atoms with van der Waals surface area (Å²) in [6.07, 6.45) is 0. The van der Waals surface area contributed by atoms with Crippen LogP contribution < -0.4 is 5.43 Å². The number of nitrogens with one attached hydrogen (secondary N) is 1. The number of carbonyl (C=O) groups excluding carboxylic acids is 1. The Morgan fingerprint density at radius 3 is 2.80 bits per heavy atom. The van der Waals surface area contributed by atoms with Crippen molar-refractivity contribution in [2.75, 3.05) is 12.0 Å². The van der Waals surface area contributed by atoms with E-state index >= 15 is 0 Å². The van der Waals surface area contributed by atoms with Gasteiger partial charge >= 0.3 is 5.97 Å². The zero-order valence-corrected chi connectivity index (χ0v) is 12.1. The van der Waals surface area contributed by atoms with Crippen molar-refractivity contribution >= 4 is 39.7 Å². The Morgan fingerprint density at radius 2 is 2.05 bits per heavy atom. The van der Waals surface area contributed by atoms with Crippen LogP contribution >= 0.6 is 11.6 Å². The predicted octanol–water partition coefficient (Wildman–Crippen LogP) is 3.84.